The van der Waals surface area contributed by atoms with Crippen LogP contribution in [0.3, 0.4) is 0 Å². The molecule has 2 aromatic carbocycles. The molecule has 0 atom stereocenters. The van der Waals surface area contributed by atoms with Crippen LogP contribution in [0.2, 0.25) is 0 Å². The third-order valence-corrected chi connectivity index (χ3v) is 3.36. The first kappa shape index (κ1) is 14.1. The quantitative estimate of drug-likeness (QED) is 0.805. The van der Waals surface area contributed by atoms with Gasteiger partial charge in [-0.3, -0.25) is 9.78 Å². The van der Waals surface area contributed by atoms with Gasteiger partial charge in [0.15, 0.2) is 11.6 Å². The van der Waals surface area contributed by atoms with Gasteiger partial charge in [-0.05, 0) is 35.9 Å². The molecular weight excluding hydrogens is 286 g/mol. The zero-order valence-electron chi connectivity index (χ0n) is 11.5. The van der Waals surface area contributed by atoms with Gasteiger partial charge in [0, 0.05) is 23.7 Å². The van der Waals surface area contributed by atoms with Crippen LogP contribution in [0.5, 0.6) is 0 Å². The molecule has 3 rings (SSSR count). The molecule has 0 radical (unpaired) electrons. The molecule has 0 aliphatic rings. The van der Waals surface area contributed by atoms with Gasteiger partial charge in [0.2, 0.25) is 0 Å². The van der Waals surface area contributed by atoms with Crippen molar-refractivity contribution in [1.82, 2.24) is 10.3 Å². The highest BCUT2D eigenvalue weighted by Crippen LogP contribution is 2.16. The first-order valence-corrected chi connectivity index (χ1v) is 6.71. The Morgan fingerprint density at radius 3 is 2.68 bits per heavy atom. The van der Waals surface area contributed by atoms with Gasteiger partial charge >= 0.3 is 0 Å². The van der Waals surface area contributed by atoms with E-state index in [0.29, 0.717) is 0 Å². The van der Waals surface area contributed by atoms with Crippen LogP contribution in [-0.2, 0) is 6.54 Å². The Labute approximate surface area is 125 Å². The second kappa shape index (κ2) is 5.89. The smallest absolute Gasteiger partial charge is 0.251 e. The Balaban J connectivity index is 1.79. The van der Waals surface area contributed by atoms with Crippen molar-refractivity contribution in [3.63, 3.8) is 0 Å². The minimum Gasteiger partial charge on any atom is -0.348 e. The SMILES string of the molecule is O=C(NCc1ccnc2ccccc12)c1ccc(F)c(F)c1. The van der Waals surface area contributed by atoms with E-state index in [4.69, 9.17) is 0 Å². The Kier molecular flexibility index (Phi) is 3.78. The predicted molar refractivity (Wildman–Crippen MR) is 79.3 cm³/mol. The van der Waals surface area contributed by atoms with Gasteiger partial charge in [-0.2, -0.15) is 0 Å². The molecule has 1 N–H and O–H groups in total. The molecule has 0 bridgehead atoms. The van der Waals surface area contributed by atoms with Gasteiger partial charge in [0.25, 0.3) is 5.91 Å². The Bertz CT molecular complexity index is 844. The van der Waals surface area contributed by atoms with Crippen molar-refractivity contribution in [2.45, 2.75) is 6.54 Å². The highest BCUT2D eigenvalue weighted by molar-refractivity contribution is 5.94. The second-order valence-electron chi connectivity index (χ2n) is 4.80. The summed E-state index contributed by atoms with van der Waals surface area (Å²) in [5, 5.41) is 3.64. The van der Waals surface area contributed by atoms with Crippen LogP contribution >= 0.6 is 0 Å². The van der Waals surface area contributed by atoms with E-state index in [0.717, 1.165) is 28.6 Å². The number of nitrogens with one attached hydrogen (secondary N) is 1. The van der Waals surface area contributed by atoms with Crippen molar-refractivity contribution in [3.05, 3.63) is 77.5 Å². The van der Waals surface area contributed by atoms with Gasteiger partial charge in [0.1, 0.15) is 0 Å². The number of hydrogen-bond acceptors (Lipinski definition) is 2. The topological polar surface area (TPSA) is 42.0 Å². The highest BCUT2D eigenvalue weighted by Gasteiger charge is 2.10. The first-order valence-electron chi connectivity index (χ1n) is 6.71. The summed E-state index contributed by atoms with van der Waals surface area (Å²) < 4.78 is 26.0. The number of rotatable bonds is 3. The zero-order valence-corrected chi connectivity index (χ0v) is 11.5. The number of para-hydroxylation sites is 1. The number of carbonyl (C=O) groups excluding carboxylic acids is 1. The average Bonchev–Trinajstić information content (AvgIpc) is 2.55. The fourth-order valence-corrected chi connectivity index (χ4v) is 2.22. The normalized spacial score (nSPS) is 10.6. The molecule has 3 aromatic rings. The van der Waals surface area contributed by atoms with E-state index in [1.165, 1.54) is 6.07 Å². The first-order chi connectivity index (χ1) is 10.6. The number of nitrogens with zero attached hydrogens (tertiary/aromatic N) is 1. The summed E-state index contributed by atoms with van der Waals surface area (Å²) in [4.78, 5) is 16.2. The second-order valence-corrected chi connectivity index (χ2v) is 4.80. The van der Waals surface area contributed by atoms with Crippen LogP contribution in [0.4, 0.5) is 8.78 Å². The summed E-state index contributed by atoms with van der Waals surface area (Å²) in [5.41, 5.74) is 1.82. The van der Waals surface area contributed by atoms with Crippen molar-refractivity contribution >= 4 is 16.8 Å². The van der Waals surface area contributed by atoms with Gasteiger partial charge in [-0.25, -0.2) is 8.78 Å². The maximum Gasteiger partial charge on any atom is 0.251 e. The zero-order chi connectivity index (χ0) is 15.5. The van der Waals surface area contributed by atoms with Crippen LogP contribution in [0.15, 0.2) is 54.7 Å². The summed E-state index contributed by atoms with van der Waals surface area (Å²) in [6, 6.07) is 12.5. The van der Waals surface area contributed by atoms with E-state index in [1.54, 1.807) is 6.20 Å². The molecule has 1 aromatic heterocycles. The van der Waals surface area contributed by atoms with Crippen LogP contribution in [0.1, 0.15) is 15.9 Å². The number of fused-ring (bicyclic) bond motifs is 1. The fourth-order valence-electron chi connectivity index (χ4n) is 2.22. The molecule has 3 nitrogen and oxygen atoms in total. The van der Waals surface area contributed by atoms with Crippen LogP contribution in [0, 0.1) is 11.6 Å². The third-order valence-electron chi connectivity index (χ3n) is 3.36. The summed E-state index contributed by atoms with van der Waals surface area (Å²) in [5.74, 6) is -2.47. The van der Waals surface area contributed by atoms with Crippen LogP contribution in [-0.4, -0.2) is 10.9 Å². The molecule has 0 fully saturated rings. The molecular formula is C17H12F2N2O. The molecule has 22 heavy (non-hydrogen) atoms. The van der Waals surface area contributed by atoms with Crippen molar-refractivity contribution in [3.8, 4) is 0 Å². The van der Waals surface area contributed by atoms with Gasteiger partial charge in [-0.15, -0.1) is 0 Å². The fraction of sp³-hybridized carbons (Fsp3) is 0.0588. The maximum absolute atomic E-state index is 13.1. The lowest BCUT2D eigenvalue weighted by atomic mass is 10.1. The van der Waals surface area contributed by atoms with Crippen LogP contribution in [0.25, 0.3) is 10.9 Å². The molecule has 110 valence electrons. The minimum atomic E-state index is -1.04. The van der Waals surface area contributed by atoms with Crippen LogP contribution < -0.4 is 5.32 Å². The number of amides is 1. The van der Waals surface area contributed by atoms with E-state index in [9.17, 15) is 13.6 Å². The lowest BCUT2D eigenvalue weighted by Crippen LogP contribution is -2.23. The number of carbonyl (C=O) groups is 1. The van der Waals surface area contributed by atoms with E-state index >= 15 is 0 Å². The third kappa shape index (κ3) is 2.79. The Hall–Kier alpha value is -2.82. The number of benzene rings is 2. The number of hydrogen-bond donors (Lipinski definition) is 1. The van der Waals surface area contributed by atoms with E-state index < -0.39 is 17.5 Å². The summed E-state index contributed by atoms with van der Waals surface area (Å²) >= 11 is 0. The number of halogens is 2. The molecule has 0 aliphatic carbocycles. The predicted octanol–water partition coefficient (Wildman–Crippen LogP) is 3.44. The Morgan fingerprint density at radius 1 is 1.05 bits per heavy atom. The Morgan fingerprint density at radius 2 is 1.86 bits per heavy atom. The summed E-state index contributed by atoms with van der Waals surface area (Å²) in [6.45, 7) is 0.279. The van der Waals surface area contributed by atoms with Crippen molar-refractivity contribution in [2.75, 3.05) is 0 Å². The summed E-state index contributed by atoms with van der Waals surface area (Å²) in [6.07, 6.45) is 1.67. The van der Waals surface area contributed by atoms with E-state index in [2.05, 4.69) is 10.3 Å². The maximum atomic E-state index is 13.1. The van der Waals surface area contributed by atoms with Gasteiger partial charge < -0.3 is 5.32 Å². The molecule has 0 unspecified atom stereocenters. The molecule has 1 amide bonds. The molecule has 0 aliphatic heterocycles. The van der Waals surface area contributed by atoms with E-state index in [-0.39, 0.29) is 12.1 Å². The lowest BCUT2D eigenvalue weighted by molar-refractivity contribution is 0.0950. The lowest BCUT2D eigenvalue weighted by Gasteiger charge is -2.08. The molecule has 0 saturated carbocycles. The van der Waals surface area contributed by atoms with Crippen molar-refractivity contribution in [1.29, 1.82) is 0 Å². The monoisotopic (exact) mass is 298 g/mol. The number of pyridine rings is 1. The summed E-state index contributed by atoms with van der Waals surface area (Å²) in [7, 11) is 0. The standard InChI is InChI=1S/C17H12F2N2O/c18-14-6-5-11(9-15(14)19)17(22)21-10-12-7-8-20-16-4-2-1-3-13(12)16/h1-9H,10H2,(H,21,22). The van der Waals surface area contributed by atoms with Gasteiger partial charge in [0.05, 0.1) is 5.52 Å². The van der Waals surface area contributed by atoms with E-state index in [1.807, 2.05) is 30.3 Å². The molecule has 0 spiro atoms. The molecule has 1 heterocycles. The van der Waals surface area contributed by atoms with Crippen molar-refractivity contribution < 1.29 is 13.6 Å². The largest absolute Gasteiger partial charge is 0.348 e. The highest BCUT2D eigenvalue weighted by atomic mass is 19.2. The number of aromatic nitrogens is 1. The molecule has 0 saturated heterocycles. The molecule has 5 heteroatoms. The minimum absolute atomic E-state index is 0.0808. The average molecular weight is 298 g/mol. The van der Waals surface area contributed by atoms with Gasteiger partial charge in [-0.1, -0.05) is 18.2 Å². The van der Waals surface area contributed by atoms with Crippen molar-refractivity contribution in [2.24, 2.45) is 0 Å².